The minimum Gasteiger partial charge on any atom is -0.409 e. The van der Waals surface area contributed by atoms with Crippen molar-refractivity contribution >= 4 is 21.5 Å². The number of hydrogen-bond donors (Lipinski definition) is 3. The van der Waals surface area contributed by atoms with Gasteiger partial charge in [-0.3, -0.25) is 4.72 Å². The maximum atomic E-state index is 12.1. The number of hydrogen-bond acceptors (Lipinski definition) is 5. The Labute approximate surface area is 117 Å². The average Bonchev–Trinajstić information content (AvgIpc) is 2.90. The molecule has 2 rings (SSSR count). The van der Waals surface area contributed by atoms with Crippen LogP contribution >= 0.6 is 0 Å². The minimum atomic E-state index is -3.55. The van der Waals surface area contributed by atoms with Gasteiger partial charge in [-0.1, -0.05) is 17.3 Å². The largest absolute Gasteiger partial charge is 0.409 e. The van der Waals surface area contributed by atoms with Gasteiger partial charge in [-0.05, 0) is 25.0 Å². The zero-order valence-corrected chi connectivity index (χ0v) is 11.6. The second kappa shape index (κ2) is 6.10. The van der Waals surface area contributed by atoms with Crippen LogP contribution in [0.4, 0.5) is 5.69 Å². The van der Waals surface area contributed by atoms with Gasteiger partial charge in [0.15, 0.2) is 5.84 Å². The first-order valence-corrected chi connectivity index (χ1v) is 7.86. The Morgan fingerprint density at radius 1 is 1.50 bits per heavy atom. The summed E-state index contributed by atoms with van der Waals surface area (Å²) in [5.41, 5.74) is 6.12. The topological polar surface area (TPSA) is 114 Å². The molecule has 8 heteroatoms. The Morgan fingerprint density at radius 3 is 2.90 bits per heavy atom. The summed E-state index contributed by atoms with van der Waals surface area (Å²) in [5, 5.41) is 11.6. The lowest BCUT2D eigenvalue weighted by atomic mass is 10.2. The lowest BCUT2D eigenvalue weighted by Crippen LogP contribution is -2.27. The van der Waals surface area contributed by atoms with Crippen molar-refractivity contribution in [1.82, 2.24) is 0 Å². The van der Waals surface area contributed by atoms with Crippen molar-refractivity contribution in [2.24, 2.45) is 10.9 Å². The van der Waals surface area contributed by atoms with Gasteiger partial charge >= 0.3 is 0 Å². The Morgan fingerprint density at radius 2 is 2.25 bits per heavy atom. The molecule has 7 nitrogen and oxygen atoms in total. The molecule has 1 saturated heterocycles. The van der Waals surface area contributed by atoms with Gasteiger partial charge in [-0.15, -0.1) is 0 Å². The van der Waals surface area contributed by atoms with Crippen LogP contribution in [0.15, 0.2) is 29.4 Å². The molecule has 0 aromatic heterocycles. The van der Waals surface area contributed by atoms with Crippen LogP contribution < -0.4 is 10.5 Å². The molecule has 1 aromatic carbocycles. The normalized spacial score (nSPS) is 20.0. The molecule has 0 spiro atoms. The number of nitrogens with zero attached hydrogens (tertiary/aromatic N) is 1. The monoisotopic (exact) mass is 299 g/mol. The summed E-state index contributed by atoms with van der Waals surface area (Å²) in [6, 6.07) is 6.46. The highest BCUT2D eigenvalue weighted by molar-refractivity contribution is 7.92. The van der Waals surface area contributed by atoms with Crippen LogP contribution in [-0.2, 0) is 14.8 Å². The first-order chi connectivity index (χ1) is 9.52. The highest BCUT2D eigenvalue weighted by Crippen LogP contribution is 2.19. The summed E-state index contributed by atoms with van der Waals surface area (Å²) >= 11 is 0. The second-order valence-corrected chi connectivity index (χ2v) is 6.32. The molecule has 20 heavy (non-hydrogen) atoms. The van der Waals surface area contributed by atoms with Gasteiger partial charge in [0.25, 0.3) is 0 Å². The fraction of sp³-hybridized carbons (Fsp3) is 0.417. The van der Waals surface area contributed by atoms with E-state index in [0.717, 1.165) is 12.8 Å². The molecule has 110 valence electrons. The van der Waals surface area contributed by atoms with Gasteiger partial charge in [0, 0.05) is 12.2 Å². The van der Waals surface area contributed by atoms with Crippen LogP contribution in [0.1, 0.15) is 18.4 Å². The Kier molecular flexibility index (Phi) is 4.46. The van der Waals surface area contributed by atoms with Gasteiger partial charge in [0.05, 0.1) is 17.5 Å². The predicted molar refractivity (Wildman–Crippen MR) is 75.3 cm³/mol. The molecule has 1 aromatic rings. The molecular formula is C12H17N3O4S. The maximum absolute atomic E-state index is 12.1. The summed E-state index contributed by atoms with van der Waals surface area (Å²) in [7, 11) is -3.55. The van der Waals surface area contributed by atoms with Crippen molar-refractivity contribution in [2.45, 2.75) is 18.9 Å². The van der Waals surface area contributed by atoms with E-state index < -0.39 is 10.0 Å². The number of benzene rings is 1. The number of para-hydroxylation sites is 1. The summed E-state index contributed by atoms with van der Waals surface area (Å²) in [6.07, 6.45) is 1.34. The molecule has 1 aliphatic rings. The van der Waals surface area contributed by atoms with E-state index >= 15 is 0 Å². The molecule has 1 fully saturated rings. The molecular weight excluding hydrogens is 282 g/mol. The molecule has 4 N–H and O–H groups in total. The van der Waals surface area contributed by atoms with Gasteiger partial charge in [-0.25, -0.2) is 8.42 Å². The summed E-state index contributed by atoms with van der Waals surface area (Å²) < 4.78 is 31.9. The number of rotatable bonds is 5. The second-order valence-electron chi connectivity index (χ2n) is 4.55. The number of sulfonamides is 1. The van der Waals surface area contributed by atoms with Crippen LogP contribution in [0, 0.1) is 0 Å². The third-order valence-corrected chi connectivity index (χ3v) is 4.35. The number of oxime groups is 1. The molecule has 0 saturated carbocycles. The van der Waals surface area contributed by atoms with Gasteiger partial charge in [0.2, 0.25) is 10.0 Å². The minimum absolute atomic E-state index is 0.0997. The van der Waals surface area contributed by atoms with Gasteiger partial charge in [0.1, 0.15) is 0 Å². The predicted octanol–water partition coefficient (Wildman–Crippen LogP) is 0.702. The Bertz CT molecular complexity index is 594. The first kappa shape index (κ1) is 14.6. The van der Waals surface area contributed by atoms with E-state index in [1.807, 2.05) is 0 Å². The highest BCUT2D eigenvalue weighted by atomic mass is 32.2. The van der Waals surface area contributed by atoms with Crippen molar-refractivity contribution in [3.05, 3.63) is 29.8 Å². The molecule has 1 unspecified atom stereocenters. The fourth-order valence-electron chi connectivity index (χ4n) is 2.08. The van der Waals surface area contributed by atoms with Crippen LogP contribution in [-0.4, -0.2) is 37.9 Å². The third-order valence-electron chi connectivity index (χ3n) is 3.01. The summed E-state index contributed by atoms with van der Waals surface area (Å²) in [6.45, 7) is 0.598. The average molecular weight is 299 g/mol. The van der Waals surface area contributed by atoms with E-state index in [-0.39, 0.29) is 23.4 Å². The number of anilines is 1. The number of ether oxygens (including phenoxy) is 1. The molecule has 0 bridgehead atoms. The van der Waals surface area contributed by atoms with Crippen molar-refractivity contribution in [1.29, 1.82) is 0 Å². The molecule has 0 aliphatic carbocycles. The number of nitrogens with one attached hydrogen (secondary N) is 1. The summed E-state index contributed by atoms with van der Waals surface area (Å²) in [5.74, 6) is -0.252. The van der Waals surface area contributed by atoms with Crippen LogP contribution in [0.3, 0.4) is 0 Å². The first-order valence-electron chi connectivity index (χ1n) is 6.21. The smallest absolute Gasteiger partial charge is 0.235 e. The third kappa shape index (κ3) is 3.61. The Hall–Kier alpha value is -1.80. The quantitative estimate of drug-likeness (QED) is 0.320. The van der Waals surface area contributed by atoms with E-state index in [9.17, 15) is 8.42 Å². The van der Waals surface area contributed by atoms with E-state index in [1.165, 1.54) is 0 Å². The van der Waals surface area contributed by atoms with Gasteiger partial charge in [-0.2, -0.15) is 0 Å². The molecule has 0 amide bonds. The standard InChI is InChI=1S/C12H17N3O4S/c13-12(14-16)10-5-1-2-6-11(10)15-20(17,18)8-9-4-3-7-19-9/h1-2,5-6,9,15-16H,3-4,7-8H2,(H2,13,14). The van der Waals surface area contributed by atoms with Crippen LogP contribution in [0.25, 0.3) is 0 Å². The zero-order valence-electron chi connectivity index (χ0n) is 10.8. The van der Waals surface area contributed by atoms with E-state index in [0.29, 0.717) is 12.2 Å². The van der Waals surface area contributed by atoms with E-state index in [2.05, 4.69) is 9.88 Å². The molecule has 1 heterocycles. The number of amidine groups is 1. The van der Waals surface area contributed by atoms with Crippen molar-refractivity contribution in [3.8, 4) is 0 Å². The molecule has 1 aliphatic heterocycles. The SMILES string of the molecule is NC(=NO)c1ccccc1NS(=O)(=O)CC1CCCO1. The van der Waals surface area contributed by atoms with Crippen molar-refractivity contribution in [3.63, 3.8) is 0 Å². The van der Waals surface area contributed by atoms with Crippen molar-refractivity contribution < 1.29 is 18.4 Å². The van der Waals surface area contributed by atoms with Crippen LogP contribution in [0.2, 0.25) is 0 Å². The zero-order chi connectivity index (χ0) is 14.6. The van der Waals surface area contributed by atoms with Crippen LogP contribution in [0.5, 0.6) is 0 Å². The lowest BCUT2D eigenvalue weighted by molar-refractivity contribution is 0.127. The number of nitrogens with two attached hydrogens (primary N) is 1. The molecule has 1 atom stereocenters. The molecule has 0 radical (unpaired) electrons. The Balaban J connectivity index is 2.16. The van der Waals surface area contributed by atoms with E-state index in [4.69, 9.17) is 15.7 Å². The summed E-state index contributed by atoms with van der Waals surface area (Å²) in [4.78, 5) is 0. The lowest BCUT2D eigenvalue weighted by Gasteiger charge is -2.14. The highest BCUT2D eigenvalue weighted by Gasteiger charge is 2.24. The fourth-order valence-corrected chi connectivity index (χ4v) is 3.43. The van der Waals surface area contributed by atoms with E-state index in [1.54, 1.807) is 24.3 Å². The van der Waals surface area contributed by atoms with Gasteiger partial charge < -0.3 is 15.7 Å². The maximum Gasteiger partial charge on any atom is 0.235 e. The van der Waals surface area contributed by atoms with Crippen molar-refractivity contribution in [2.75, 3.05) is 17.1 Å².